The number of hydrogen-bond donors (Lipinski definition) is 0. The molecular formula is C23H28O2. The second-order valence-corrected chi connectivity index (χ2v) is 8.45. The number of carbonyl (C=O) groups excluding carboxylic acids is 1. The molecule has 0 saturated heterocycles. The van der Waals surface area contributed by atoms with Crippen molar-refractivity contribution in [2.24, 2.45) is 5.92 Å². The van der Waals surface area contributed by atoms with E-state index in [0.717, 1.165) is 40.0 Å². The summed E-state index contributed by atoms with van der Waals surface area (Å²) in [6.07, 6.45) is 0.789. The fourth-order valence-electron chi connectivity index (χ4n) is 3.99. The molecule has 0 saturated carbocycles. The van der Waals surface area contributed by atoms with Crippen molar-refractivity contribution >= 4 is 5.78 Å². The first kappa shape index (κ1) is 17.7. The third-order valence-corrected chi connectivity index (χ3v) is 5.13. The number of rotatable bonds is 2. The monoisotopic (exact) mass is 336 g/mol. The van der Waals surface area contributed by atoms with Crippen LogP contribution in [0.25, 0.3) is 11.1 Å². The lowest BCUT2D eigenvalue weighted by atomic mass is 9.81. The van der Waals surface area contributed by atoms with Crippen LogP contribution in [0.5, 0.6) is 5.75 Å². The van der Waals surface area contributed by atoms with Gasteiger partial charge in [0.25, 0.3) is 0 Å². The van der Waals surface area contributed by atoms with E-state index in [1.54, 1.807) is 7.11 Å². The molecular weight excluding hydrogens is 308 g/mol. The molecule has 0 aliphatic heterocycles. The van der Waals surface area contributed by atoms with Gasteiger partial charge in [-0.1, -0.05) is 57.0 Å². The van der Waals surface area contributed by atoms with Crippen molar-refractivity contribution in [3.63, 3.8) is 0 Å². The van der Waals surface area contributed by atoms with Crippen LogP contribution in [0, 0.1) is 19.8 Å². The van der Waals surface area contributed by atoms with Gasteiger partial charge in [-0.3, -0.25) is 4.79 Å². The first-order valence-corrected chi connectivity index (χ1v) is 9.00. The number of ether oxygens (including phenoxy) is 1. The highest BCUT2D eigenvalue weighted by Crippen LogP contribution is 2.46. The van der Waals surface area contributed by atoms with Crippen molar-refractivity contribution in [3.8, 4) is 16.9 Å². The van der Waals surface area contributed by atoms with Crippen LogP contribution in [-0.2, 0) is 11.8 Å². The highest BCUT2D eigenvalue weighted by atomic mass is 16.5. The zero-order valence-electron chi connectivity index (χ0n) is 16.4. The largest absolute Gasteiger partial charge is 0.496 e. The van der Waals surface area contributed by atoms with Gasteiger partial charge in [-0.25, -0.2) is 0 Å². The van der Waals surface area contributed by atoms with Gasteiger partial charge in [0.05, 0.1) is 7.11 Å². The summed E-state index contributed by atoms with van der Waals surface area (Å²) in [6.45, 7) is 12.8. The number of methoxy groups -OCH3 is 1. The Morgan fingerprint density at radius 3 is 2.16 bits per heavy atom. The number of aryl methyl sites for hydroxylation is 2. The fraction of sp³-hybridized carbons (Fsp3) is 0.435. The molecule has 2 aromatic carbocycles. The van der Waals surface area contributed by atoms with Gasteiger partial charge in [-0.2, -0.15) is 0 Å². The predicted molar refractivity (Wildman–Crippen MR) is 104 cm³/mol. The molecule has 1 aliphatic carbocycles. The van der Waals surface area contributed by atoms with E-state index in [2.05, 4.69) is 58.9 Å². The van der Waals surface area contributed by atoms with Gasteiger partial charge in [0.2, 0.25) is 0 Å². The Morgan fingerprint density at radius 2 is 1.64 bits per heavy atom. The van der Waals surface area contributed by atoms with Gasteiger partial charge in [0, 0.05) is 22.6 Å². The van der Waals surface area contributed by atoms with Crippen LogP contribution in [0.1, 0.15) is 60.3 Å². The maximum Gasteiger partial charge on any atom is 0.166 e. The van der Waals surface area contributed by atoms with Crippen molar-refractivity contribution in [1.29, 1.82) is 0 Å². The summed E-state index contributed by atoms with van der Waals surface area (Å²) in [4.78, 5) is 12.8. The van der Waals surface area contributed by atoms with Crippen LogP contribution < -0.4 is 4.74 Å². The summed E-state index contributed by atoms with van der Waals surface area (Å²) in [5, 5.41) is 0. The van der Waals surface area contributed by atoms with Crippen LogP contribution in [-0.4, -0.2) is 12.9 Å². The lowest BCUT2D eigenvalue weighted by molar-refractivity contribution is 0.0946. The summed E-state index contributed by atoms with van der Waals surface area (Å²) in [6, 6.07) is 8.65. The SMILES string of the molecule is COc1c(C(C)(C)C)cc2c(c1-c1cc(C)cc(C)c1)C[C@@H](C)C2=O. The van der Waals surface area contributed by atoms with Gasteiger partial charge in [-0.05, 0) is 42.9 Å². The van der Waals surface area contributed by atoms with E-state index < -0.39 is 0 Å². The third kappa shape index (κ3) is 2.99. The van der Waals surface area contributed by atoms with Crippen LogP contribution in [0.3, 0.4) is 0 Å². The van der Waals surface area contributed by atoms with Crippen LogP contribution in [0.2, 0.25) is 0 Å². The molecule has 0 bridgehead atoms. The second kappa shape index (κ2) is 6.01. The van der Waals surface area contributed by atoms with E-state index in [1.807, 2.05) is 6.92 Å². The Labute approximate surface area is 151 Å². The molecule has 2 nitrogen and oxygen atoms in total. The van der Waals surface area contributed by atoms with Gasteiger partial charge in [-0.15, -0.1) is 0 Å². The van der Waals surface area contributed by atoms with Gasteiger partial charge < -0.3 is 4.74 Å². The molecule has 0 heterocycles. The minimum Gasteiger partial charge on any atom is -0.496 e. The van der Waals surface area contributed by atoms with E-state index in [-0.39, 0.29) is 17.1 Å². The highest BCUT2D eigenvalue weighted by Gasteiger charge is 2.34. The number of hydrogen-bond acceptors (Lipinski definition) is 2. The Hall–Kier alpha value is -2.09. The van der Waals surface area contributed by atoms with Crippen molar-refractivity contribution in [2.45, 2.75) is 53.4 Å². The highest BCUT2D eigenvalue weighted by molar-refractivity contribution is 6.05. The lowest BCUT2D eigenvalue weighted by Crippen LogP contribution is -2.15. The molecule has 25 heavy (non-hydrogen) atoms. The van der Waals surface area contributed by atoms with E-state index >= 15 is 0 Å². The summed E-state index contributed by atoms with van der Waals surface area (Å²) in [5.74, 6) is 1.21. The topological polar surface area (TPSA) is 26.3 Å². The van der Waals surface area contributed by atoms with E-state index in [0.29, 0.717) is 0 Å². The van der Waals surface area contributed by atoms with Crippen LogP contribution in [0.15, 0.2) is 24.3 Å². The van der Waals surface area contributed by atoms with Crippen LogP contribution >= 0.6 is 0 Å². The van der Waals surface area contributed by atoms with E-state index in [9.17, 15) is 4.79 Å². The maximum absolute atomic E-state index is 12.8. The minimum absolute atomic E-state index is 0.0413. The molecule has 0 fully saturated rings. The summed E-state index contributed by atoms with van der Waals surface area (Å²) < 4.78 is 5.92. The molecule has 2 heteroatoms. The molecule has 1 atom stereocenters. The zero-order valence-corrected chi connectivity index (χ0v) is 16.4. The van der Waals surface area contributed by atoms with Crippen LogP contribution in [0.4, 0.5) is 0 Å². The number of carbonyl (C=O) groups is 1. The predicted octanol–water partition coefficient (Wildman–Crippen LogP) is 5.65. The molecule has 132 valence electrons. The standard InChI is InChI=1S/C23H28O2/c1-13-8-14(2)10-16(9-13)20-17-11-15(3)21(24)18(17)12-19(22(20)25-7)23(4,5)6/h8-10,12,15H,11H2,1-7H3/t15-/m1/s1. The first-order valence-electron chi connectivity index (χ1n) is 9.00. The van der Waals surface area contributed by atoms with E-state index in [4.69, 9.17) is 4.74 Å². The molecule has 0 unspecified atom stereocenters. The molecule has 2 aromatic rings. The van der Waals surface area contributed by atoms with Crippen molar-refractivity contribution in [3.05, 3.63) is 52.1 Å². The fourth-order valence-corrected chi connectivity index (χ4v) is 3.99. The number of benzene rings is 2. The number of ketones is 1. The maximum atomic E-state index is 12.8. The molecule has 0 radical (unpaired) electrons. The zero-order chi connectivity index (χ0) is 18.5. The number of Topliss-reactive ketones (excluding diaryl/α,β-unsaturated/α-hetero) is 1. The van der Waals surface area contributed by atoms with Gasteiger partial charge in [0.15, 0.2) is 5.78 Å². The average Bonchev–Trinajstić information content (AvgIpc) is 2.78. The molecule has 0 aromatic heterocycles. The molecule has 0 spiro atoms. The van der Waals surface area contributed by atoms with Crippen molar-refractivity contribution in [2.75, 3.05) is 7.11 Å². The minimum atomic E-state index is -0.0971. The Kier molecular flexibility index (Phi) is 4.26. The first-order chi connectivity index (χ1) is 11.6. The molecule has 3 rings (SSSR count). The Morgan fingerprint density at radius 1 is 1.04 bits per heavy atom. The summed E-state index contributed by atoms with van der Waals surface area (Å²) in [5.41, 5.74) is 7.74. The molecule has 0 amide bonds. The quantitative estimate of drug-likeness (QED) is 0.708. The molecule has 1 aliphatic rings. The third-order valence-electron chi connectivity index (χ3n) is 5.13. The second-order valence-electron chi connectivity index (χ2n) is 8.45. The Balaban J connectivity index is 2.42. The lowest BCUT2D eigenvalue weighted by Gasteiger charge is -2.26. The Bertz CT molecular complexity index is 833. The molecule has 0 N–H and O–H groups in total. The smallest absolute Gasteiger partial charge is 0.166 e. The van der Waals surface area contributed by atoms with Gasteiger partial charge >= 0.3 is 0 Å². The number of fused-ring (bicyclic) bond motifs is 1. The normalized spacial score (nSPS) is 16.9. The van der Waals surface area contributed by atoms with Crippen molar-refractivity contribution < 1.29 is 9.53 Å². The van der Waals surface area contributed by atoms with E-state index in [1.165, 1.54) is 11.1 Å². The summed E-state index contributed by atoms with van der Waals surface area (Å²) >= 11 is 0. The average molecular weight is 336 g/mol. The van der Waals surface area contributed by atoms with Crippen molar-refractivity contribution in [1.82, 2.24) is 0 Å². The summed E-state index contributed by atoms with van der Waals surface area (Å²) in [7, 11) is 1.74. The van der Waals surface area contributed by atoms with Gasteiger partial charge in [0.1, 0.15) is 5.75 Å².